The van der Waals surface area contributed by atoms with E-state index < -0.39 is 0 Å². The smallest absolute Gasteiger partial charge is 0.167 e. The summed E-state index contributed by atoms with van der Waals surface area (Å²) in [5.41, 5.74) is 6.40. The number of carbonyl (C=O) groups excluding carboxylic acids is 1. The van der Waals surface area contributed by atoms with Crippen molar-refractivity contribution >= 4 is 17.4 Å². The van der Waals surface area contributed by atoms with E-state index in [0.29, 0.717) is 11.4 Å². The third kappa shape index (κ3) is 2.94. The molecule has 0 amide bonds. The fourth-order valence-electron chi connectivity index (χ4n) is 2.51. The summed E-state index contributed by atoms with van der Waals surface area (Å²) in [5.74, 6) is 0.175. The molecule has 0 spiro atoms. The third-order valence-electron chi connectivity index (χ3n) is 3.92. The minimum absolute atomic E-state index is 0.175. The van der Waals surface area contributed by atoms with Gasteiger partial charge in [0.1, 0.15) is 0 Å². The summed E-state index contributed by atoms with van der Waals surface area (Å²) in [6.07, 6.45) is 0.418. The van der Waals surface area contributed by atoms with Crippen LogP contribution in [-0.4, -0.2) is 5.78 Å². The van der Waals surface area contributed by atoms with E-state index in [-0.39, 0.29) is 5.78 Å². The maximum atomic E-state index is 12.6. The molecule has 0 aliphatic carbocycles. The number of hydrogen-bond donors (Lipinski definition) is 0. The molecule has 2 rings (SSSR count). The molecule has 0 unspecified atom stereocenters. The van der Waals surface area contributed by atoms with E-state index in [1.807, 2.05) is 38.1 Å². The molecule has 0 aliphatic rings. The van der Waals surface area contributed by atoms with Gasteiger partial charge in [0.05, 0.1) is 0 Å². The zero-order chi connectivity index (χ0) is 14.9. The summed E-state index contributed by atoms with van der Waals surface area (Å²) >= 11 is 5.87. The first kappa shape index (κ1) is 14.8. The van der Waals surface area contributed by atoms with Crippen LogP contribution in [0.1, 0.15) is 38.2 Å². The number of halogens is 1. The first-order chi connectivity index (χ1) is 9.40. The van der Waals surface area contributed by atoms with Crippen LogP contribution in [0.2, 0.25) is 5.02 Å². The van der Waals surface area contributed by atoms with E-state index in [2.05, 4.69) is 19.9 Å². The summed E-state index contributed by atoms with van der Waals surface area (Å²) < 4.78 is 0. The Kier molecular flexibility index (Phi) is 4.29. The maximum absolute atomic E-state index is 12.6. The predicted octanol–water partition coefficient (Wildman–Crippen LogP) is 5.00. The van der Waals surface area contributed by atoms with Crippen LogP contribution in [0.5, 0.6) is 0 Å². The van der Waals surface area contributed by atoms with Gasteiger partial charge < -0.3 is 0 Å². The number of benzene rings is 2. The number of Topliss-reactive ketones (excluding diaryl/α,β-unsaturated/α-hetero) is 1. The highest BCUT2D eigenvalue weighted by atomic mass is 35.5. The molecule has 0 saturated heterocycles. The molecule has 0 N–H and O–H groups in total. The second-order valence-corrected chi connectivity index (χ2v) is 5.80. The quantitative estimate of drug-likeness (QED) is 0.726. The minimum atomic E-state index is 0.175. The van der Waals surface area contributed by atoms with Crippen molar-refractivity contribution in [3.63, 3.8) is 0 Å². The topological polar surface area (TPSA) is 17.1 Å². The Morgan fingerprint density at radius 1 is 0.950 bits per heavy atom. The van der Waals surface area contributed by atoms with E-state index in [1.165, 1.54) is 11.1 Å². The lowest BCUT2D eigenvalue weighted by Crippen LogP contribution is -2.10. The molecular weight excluding hydrogens is 268 g/mol. The maximum Gasteiger partial charge on any atom is 0.167 e. The highest BCUT2D eigenvalue weighted by Gasteiger charge is 2.16. The van der Waals surface area contributed by atoms with E-state index in [0.717, 1.165) is 22.3 Å². The first-order valence-electron chi connectivity index (χ1n) is 6.75. The van der Waals surface area contributed by atoms with E-state index in [1.54, 1.807) is 0 Å². The lowest BCUT2D eigenvalue weighted by atomic mass is 9.89. The van der Waals surface area contributed by atoms with Gasteiger partial charge in [-0.15, -0.1) is 0 Å². The highest BCUT2D eigenvalue weighted by molar-refractivity contribution is 6.30. The van der Waals surface area contributed by atoms with Crippen LogP contribution in [0.25, 0.3) is 0 Å². The van der Waals surface area contributed by atoms with Crippen molar-refractivity contribution < 1.29 is 4.79 Å². The Bertz CT molecular complexity index is 628. The summed E-state index contributed by atoms with van der Waals surface area (Å²) in [4.78, 5) is 12.6. The Balaban J connectivity index is 2.37. The van der Waals surface area contributed by atoms with Crippen LogP contribution in [0.15, 0.2) is 30.3 Å². The van der Waals surface area contributed by atoms with Crippen LogP contribution in [0, 0.1) is 27.7 Å². The second-order valence-electron chi connectivity index (χ2n) is 5.36. The summed E-state index contributed by atoms with van der Waals surface area (Å²) in [7, 11) is 0. The number of hydrogen-bond acceptors (Lipinski definition) is 1. The van der Waals surface area contributed by atoms with Crippen molar-refractivity contribution in [2.75, 3.05) is 0 Å². The van der Waals surface area contributed by atoms with Crippen LogP contribution in [-0.2, 0) is 6.42 Å². The van der Waals surface area contributed by atoms with Crippen LogP contribution < -0.4 is 0 Å². The van der Waals surface area contributed by atoms with Crippen molar-refractivity contribution in [1.29, 1.82) is 0 Å². The van der Waals surface area contributed by atoms with Crippen LogP contribution >= 0.6 is 11.6 Å². The number of aryl methyl sites for hydroxylation is 2. The predicted molar refractivity (Wildman–Crippen MR) is 84.9 cm³/mol. The van der Waals surface area contributed by atoms with Crippen molar-refractivity contribution in [2.24, 2.45) is 0 Å². The largest absolute Gasteiger partial charge is 0.294 e. The first-order valence-corrected chi connectivity index (χ1v) is 7.13. The highest BCUT2D eigenvalue weighted by Crippen LogP contribution is 2.23. The van der Waals surface area contributed by atoms with E-state index >= 15 is 0 Å². The zero-order valence-corrected chi connectivity index (χ0v) is 13.1. The molecule has 0 aliphatic heterocycles. The van der Waals surface area contributed by atoms with Gasteiger partial charge in [-0.3, -0.25) is 4.79 Å². The summed E-state index contributed by atoms with van der Waals surface area (Å²) in [5, 5.41) is 0.694. The van der Waals surface area contributed by atoms with Crippen molar-refractivity contribution in [3.8, 4) is 0 Å². The molecule has 0 bridgehead atoms. The second kappa shape index (κ2) is 5.80. The van der Waals surface area contributed by atoms with Gasteiger partial charge in [0.15, 0.2) is 5.78 Å². The Hall–Kier alpha value is -1.60. The van der Waals surface area contributed by atoms with Crippen molar-refractivity contribution in [2.45, 2.75) is 34.1 Å². The lowest BCUT2D eigenvalue weighted by Gasteiger charge is -2.14. The average Bonchev–Trinajstić information content (AvgIpc) is 2.39. The molecule has 0 radical (unpaired) electrons. The Morgan fingerprint density at radius 2 is 1.45 bits per heavy atom. The van der Waals surface area contributed by atoms with E-state index in [9.17, 15) is 4.79 Å². The van der Waals surface area contributed by atoms with Gasteiger partial charge in [-0.05, 0) is 67.6 Å². The van der Waals surface area contributed by atoms with Gasteiger partial charge in [0.2, 0.25) is 0 Å². The van der Waals surface area contributed by atoms with E-state index in [4.69, 9.17) is 11.6 Å². The van der Waals surface area contributed by atoms with Crippen molar-refractivity contribution in [3.05, 3.63) is 68.7 Å². The fourth-order valence-corrected chi connectivity index (χ4v) is 2.64. The van der Waals surface area contributed by atoms with Crippen molar-refractivity contribution in [1.82, 2.24) is 0 Å². The molecule has 20 heavy (non-hydrogen) atoms. The molecule has 1 nitrogen and oxygen atoms in total. The third-order valence-corrected chi connectivity index (χ3v) is 4.17. The monoisotopic (exact) mass is 286 g/mol. The molecule has 0 saturated carbocycles. The Morgan fingerprint density at radius 3 is 1.95 bits per heavy atom. The zero-order valence-electron chi connectivity index (χ0n) is 12.4. The summed E-state index contributed by atoms with van der Waals surface area (Å²) in [6, 6.07) is 9.61. The van der Waals surface area contributed by atoms with Gasteiger partial charge >= 0.3 is 0 Å². The standard InChI is InChI=1S/C18H19ClO/c1-11-9-12(2)14(4)18(13(11)3)17(20)10-15-5-7-16(19)8-6-15/h5-9H,10H2,1-4H3. The molecule has 0 aromatic heterocycles. The molecule has 2 heteroatoms. The number of ketones is 1. The fraction of sp³-hybridized carbons (Fsp3) is 0.278. The molecular formula is C18H19ClO. The van der Waals surface area contributed by atoms with Gasteiger partial charge in [-0.2, -0.15) is 0 Å². The molecule has 2 aromatic carbocycles. The Labute approximate surface area is 125 Å². The summed E-state index contributed by atoms with van der Waals surface area (Å²) in [6.45, 7) is 8.16. The molecule has 2 aromatic rings. The van der Waals surface area contributed by atoms with Gasteiger partial charge in [-0.1, -0.05) is 29.8 Å². The minimum Gasteiger partial charge on any atom is -0.294 e. The normalized spacial score (nSPS) is 10.7. The number of rotatable bonds is 3. The number of carbonyl (C=O) groups is 1. The molecule has 104 valence electrons. The lowest BCUT2D eigenvalue weighted by molar-refractivity contribution is 0.0991. The SMILES string of the molecule is Cc1cc(C)c(C)c(C(=O)Cc2ccc(Cl)cc2)c1C. The van der Waals surface area contributed by atoms with Gasteiger partial charge in [0.25, 0.3) is 0 Å². The molecule has 0 fully saturated rings. The molecule has 0 heterocycles. The average molecular weight is 287 g/mol. The van der Waals surface area contributed by atoms with Gasteiger partial charge in [0, 0.05) is 17.0 Å². The molecule has 0 atom stereocenters. The van der Waals surface area contributed by atoms with Gasteiger partial charge in [-0.25, -0.2) is 0 Å². The van der Waals surface area contributed by atoms with Crippen LogP contribution in [0.4, 0.5) is 0 Å². The van der Waals surface area contributed by atoms with Crippen LogP contribution in [0.3, 0.4) is 0 Å².